The fourth-order valence-electron chi connectivity index (χ4n) is 3.68. The van der Waals surface area contributed by atoms with Gasteiger partial charge in [0.1, 0.15) is 0 Å². The second-order valence-electron chi connectivity index (χ2n) is 8.03. The Hall–Kier alpha value is -1.50. The Bertz CT molecular complexity index is 486. The van der Waals surface area contributed by atoms with Gasteiger partial charge in [-0.15, -0.1) is 0 Å². The highest BCUT2D eigenvalue weighted by atomic mass is 16.5. The van der Waals surface area contributed by atoms with E-state index in [0.29, 0.717) is 31.3 Å². The molecular formula is C19H37N5O2. The van der Waals surface area contributed by atoms with Gasteiger partial charge in [-0.2, -0.15) is 0 Å². The molecule has 2 fully saturated rings. The average Bonchev–Trinajstić information content (AvgIpc) is 2.61. The van der Waals surface area contributed by atoms with Crippen LogP contribution in [0.3, 0.4) is 0 Å². The smallest absolute Gasteiger partial charge is 0.314 e. The summed E-state index contributed by atoms with van der Waals surface area (Å²) in [7, 11) is 0. The van der Waals surface area contributed by atoms with Crippen LogP contribution >= 0.6 is 0 Å². The topological polar surface area (TPSA) is 92.0 Å². The first-order valence-corrected chi connectivity index (χ1v) is 10.1. The molecule has 150 valence electrons. The number of hydrogen-bond donors (Lipinski definition) is 3. The lowest BCUT2D eigenvalue weighted by Gasteiger charge is -2.52. The molecule has 4 N–H and O–H groups in total. The third-order valence-electron chi connectivity index (χ3n) is 5.77. The quantitative estimate of drug-likeness (QED) is 0.365. The van der Waals surface area contributed by atoms with Crippen molar-refractivity contribution in [3.8, 4) is 0 Å². The maximum absolute atomic E-state index is 11.3. The van der Waals surface area contributed by atoms with Crippen molar-refractivity contribution in [2.75, 3.05) is 26.2 Å². The van der Waals surface area contributed by atoms with Gasteiger partial charge in [-0.3, -0.25) is 4.99 Å². The zero-order valence-corrected chi connectivity index (χ0v) is 16.9. The summed E-state index contributed by atoms with van der Waals surface area (Å²) in [6.07, 6.45) is 5.41. The fourth-order valence-corrected chi connectivity index (χ4v) is 3.68. The number of carbonyl (C=O) groups excluding carboxylic acids is 1. The van der Waals surface area contributed by atoms with Crippen LogP contribution in [0.25, 0.3) is 0 Å². The van der Waals surface area contributed by atoms with Crippen LogP contribution in [0, 0.1) is 5.41 Å². The van der Waals surface area contributed by atoms with Gasteiger partial charge in [-0.1, -0.05) is 27.2 Å². The molecule has 2 rings (SSSR count). The number of likely N-dealkylation sites (tertiary alicyclic amines) is 1. The molecular weight excluding hydrogens is 330 g/mol. The van der Waals surface area contributed by atoms with E-state index in [0.717, 1.165) is 44.8 Å². The Morgan fingerprint density at radius 1 is 1.27 bits per heavy atom. The highest BCUT2D eigenvalue weighted by Gasteiger charge is 2.49. The third kappa shape index (κ3) is 5.25. The summed E-state index contributed by atoms with van der Waals surface area (Å²) in [5.74, 6) is 0.870. The Kier molecular flexibility index (Phi) is 7.55. The molecule has 0 spiro atoms. The number of nitrogens with zero attached hydrogens (tertiary/aromatic N) is 2. The summed E-state index contributed by atoms with van der Waals surface area (Å²) in [4.78, 5) is 17.6. The van der Waals surface area contributed by atoms with Crippen LogP contribution < -0.4 is 16.4 Å². The minimum atomic E-state index is -0.325. The lowest BCUT2D eigenvalue weighted by atomic mass is 9.64. The molecule has 26 heavy (non-hydrogen) atoms. The second-order valence-corrected chi connectivity index (χ2v) is 8.03. The summed E-state index contributed by atoms with van der Waals surface area (Å²) in [5.41, 5.74) is 5.45. The summed E-state index contributed by atoms with van der Waals surface area (Å²) in [6, 6.07) is 0.357. The number of primary amides is 1. The van der Waals surface area contributed by atoms with E-state index in [4.69, 9.17) is 10.5 Å². The number of nitrogens with one attached hydrogen (secondary N) is 2. The predicted molar refractivity (Wildman–Crippen MR) is 105 cm³/mol. The van der Waals surface area contributed by atoms with Crippen LogP contribution in [-0.2, 0) is 4.74 Å². The number of carbonyl (C=O) groups is 1. The van der Waals surface area contributed by atoms with E-state index in [1.54, 1.807) is 4.90 Å². The fraction of sp³-hybridized carbons (Fsp3) is 0.895. The van der Waals surface area contributed by atoms with E-state index in [1.165, 1.54) is 6.42 Å². The number of piperidine rings is 1. The molecule has 1 saturated heterocycles. The highest BCUT2D eigenvalue weighted by Crippen LogP contribution is 2.42. The minimum Gasteiger partial charge on any atom is -0.378 e. The highest BCUT2D eigenvalue weighted by molar-refractivity contribution is 5.80. The van der Waals surface area contributed by atoms with Gasteiger partial charge < -0.3 is 26.0 Å². The Balaban J connectivity index is 1.82. The third-order valence-corrected chi connectivity index (χ3v) is 5.77. The van der Waals surface area contributed by atoms with E-state index in [9.17, 15) is 4.79 Å². The number of nitrogens with two attached hydrogens (primary N) is 1. The largest absolute Gasteiger partial charge is 0.378 e. The molecule has 7 heteroatoms. The first kappa shape index (κ1) is 20.8. The van der Waals surface area contributed by atoms with Gasteiger partial charge in [-0.05, 0) is 32.6 Å². The van der Waals surface area contributed by atoms with Crippen molar-refractivity contribution >= 4 is 12.0 Å². The average molecular weight is 368 g/mol. The van der Waals surface area contributed by atoms with E-state index in [-0.39, 0.29) is 11.4 Å². The summed E-state index contributed by atoms with van der Waals surface area (Å²) in [5, 5.41) is 7.14. The van der Waals surface area contributed by atoms with Crippen LogP contribution in [0.1, 0.15) is 59.8 Å². The van der Waals surface area contributed by atoms with Crippen LogP contribution in [0.15, 0.2) is 4.99 Å². The number of urea groups is 1. The van der Waals surface area contributed by atoms with E-state index in [1.807, 2.05) is 6.92 Å². The molecule has 0 radical (unpaired) electrons. The zero-order chi connectivity index (χ0) is 19.2. The van der Waals surface area contributed by atoms with Crippen molar-refractivity contribution in [2.24, 2.45) is 16.1 Å². The van der Waals surface area contributed by atoms with Gasteiger partial charge in [0, 0.05) is 43.7 Å². The molecule has 0 aromatic heterocycles. The van der Waals surface area contributed by atoms with Crippen molar-refractivity contribution in [1.29, 1.82) is 0 Å². The second kappa shape index (κ2) is 9.44. The molecule has 2 amide bonds. The van der Waals surface area contributed by atoms with E-state index < -0.39 is 0 Å². The lowest BCUT2D eigenvalue weighted by Crippen LogP contribution is -2.64. The van der Waals surface area contributed by atoms with Gasteiger partial charge >= 0.3 is 6.03 Å². The molecule has 1 aliphatic heterocycles. The van der Waals surface area contributed by atoms with Crippen molar-refractivity contribution in [3.05, 3.63) is 0 Å². The Morgan fingerprint density at radius 3 is 2.50 bits per heavy atom. The maximum atomic E-state index is 11.3. The molecule has 1 aliphatic carbocycles. The summed E-state index contributed by atoms with van der Waals surface area (Å²) >= 11 is 0. The Labute approximate surface area is 158 Å². The lowest BCUT2D eigenvalue weighted by molar-refractivity contribution is -0.113. The maximum Gasteiger partial charge on any atom is 0.314 e. The molecule has 1 saturated carbocycles. The van der Waals surface area contributed by atoms with Gasteiger partial charge in [-0.25, -0.2) is 4.79 Å². The van der Waals surface area contributed by atoms with Gasteiger partial charge in [0.2, 0.25) is 0 Å². The number of rotatable bonds is 7. The van der Waals surface area contributed by atoms with Crippen molar-refractivity contribution in [2.45, 2.75) is 78.0 Å². The molecule has 0 aromatic rings. The molecule has 2 unspecified atom stereocenters. The minimum absolute atomic E-state index is 0.0965. The first-order valence-electron chi connectivity index (χ1n) is 10.1. The van der Waals surface area contributed by atoms with E-state index >= 15 is 0 Å². The number of ether oxygens (including phenoxy) is 1. The number of guanidine groups is 1. The normalized spacial score (nSPS) is 26.3. The van der Waals surface area contributed by atoms with Crippen LogP contribution in [-0.4, -0.2) is 61.3 Å². The van der Waals surface area contributed by atoms with Crippen molar-refractivity contribution in [1.82, 2.24) is 15.5 Å². The number of amides is 2. The molecule has 2 atom stereocenters. The zero-order valence-electron chi connectivity index (χ0n) is 16.9. The first-order chi connectivity index (χ1) is 12.4. The van der Waals surface area contributed by atoms with Gasteiger partial charge in [0.15, 0.2) is 5.96 Å². The van der Waals surface area contributed by atoms with Crippen LogP contribution in [0.5, 0.6) is 0 Å². The van der Waals surface area contributed by atoms with Gasteiger partial charge in [0.25, 0.3) is 0 Å². The van der Waals surface area contributed by atoms with Gasteiger partial charge in [0.05, 0.1) is 6.10 Å². The molecule has 2 aliphatic rings. The van der Waals surface area contributed by atoms with E-state index in [2.05, 4.69) is 36.4 Å². The summed E-state index contributed by atoms with van der Waals surface area (Å²) in [6.45, 7) is 11.8. The SMILES string of the molecule is CCCCOC1CC(NC(=NCC)NC2CCN(C(N)=O)CC2)C1(C)C. The summed E-state index contributed by atoms with van der Waals surface area (Å²) < 4.78 is 6.04. The van der Waals surface area contributed by atoms with Crippen molar-refractivity contribution < 1.29 is 9.53 Å². The molecule has 0 bridgehead atoms. The molecule has 1 heterocycles. The monoisotopic (exact) mass is 367 g/mol. The molecule has 7 nitrogen and oxygen atoms in total. The number of aliphatic imine (C=N–C) groups is 1. The van der Waals surface area contributed by atoms with Crippen molar-refractivity contribution in [3.63, 3.8) is 0 Å². The predicted octanol–water partition coefficient (Wildman–Crippen LogP) is 2.07. The number of unbranched alkanes of at least 4 members (excludes halogenated alkanes) is 1. The Morgan fingerprint density at radius 2 is 1.96 bits per heavy atom. The van der Waals surface area contributed by atoms with Crippen LogP contribution in [0.4, 0.5) is 4.79 Å². The van der Waals surface area contributed by atoms with Crippen LogP contribution in [0.2, 0.25) is 0 Å². The number of hydrogen-bond acceptors (Lipinski definition) is 3. The molecule has 0 aromatic carbocycles. The standard InChI is InChI=1S/C19H37N5O2/c1-5-7-12-26-16-13-15(19(16,3)4)23-18(21-6-2)22-14-8-10-24(11-9-14)17(20)25/h14-16H,5-13H2,1-4H3,(H2,20,25)(H2,21,22,23).